The Kier molecular flexibility index (Phi) is 6.13. The quantitative estimate of drug-likeness (QED) is 0.339. The largest absolute Gasteiger partial charge is 0.461 e. The molecular formula is C25H29NO6. The van der Waals surface area contributed by atoms with E-state index in [9.17, 15) is 19.7 Å². The molecule has 0 heterocycles. The van der Waals surface area contributed by atoms with Gasteiger partial charge in [0.25, 0.3) is 5.69 Å². The smallest absolute Gasteiger partial charge is 0.338 e. The third kappa shape index (κ3) is 4.24. The molecule has 1 saturated carbocycles. The Labute approximate surface area is 187 Å². The first-order valence-corrected chi connectivity index (χ1v) is 10.6. The zero-order valence-corrected chi connectivity index (χ0v) is 19.1. The third-order valence-electron chi connectivity index (χ3n) is 6.20. The minimum atomic E-state index is -0.911. The number of esters is 2. The summed E-state index contributed by atoms with van der Waals surface area (Å²) in [5.74, 6) is -0.880. The summed E-state index contributed by atoms with van der Waals surface area (Å²) < 4.78 is 11.5. The van der Waals surface area contributed by atoms with Gasteiger partial charge in [-0.2, -0.15) is 0 Å². The molecule has 3 rings (SSSR count). The number of carbonyl (C=O) groups is 2. The summed E-state index contributed by atoms with van der Waals surface area (Å²) in [6.45, 7) is 9.55. The van der Waals surface area contributed by atoms with Gasteiger partial charge in [-0.05, 0) is 50.8 Å². The van der Waals surface area contributed by atoms with E-state index < -0.39 is 27.3 Å². The average Bonchev–Trinajstić information content (AvgIpc) is 3.43. The number of nitro groups is 1. The van der Waals surface area contributed by atoms with Crippen molar-refractivity contribution >= 4 is 17.6 Å². The van der Waals surface area contributed by atoms with Crippen molar-refractivity contribution < 1.29 is 24.0 Å². The maximum atomic E-state index is 13.5. The fourth-order valence-electron chi connectivity index (χ4n) is 4.33. The lowest BCUT2D eigenvalue weighted by atomic mass is 9.79. The van der Waals surface area contributed by atoms with Crippen molar-refractivity contribution in [3.05, 3.63) is 75.8 Å². The molecular weight excluding hydrogens is 410 g/mol. The SMILES string of the molecule is CC(C)[C@@]1(COC(=O)c2ccc([N+](=O)[O-])cc2)C[C@]1(C(=O)OC(C)(C)C)c1ccccc1. The van der Waals surface area contributed by atoms with Gasteiger partial charge in [-0.15, -0.1) is 0 Å². The van der Waals surface area contributed by atoms with Gasteiger partial charge in [0.1, 0.15) is 11.0 Å². The normalized spacial score (nSPS) is 22.3. The zero-order chi connectivity index (χ0) is 23.7. The number of benzene rings is 2. The van der Waals surface area contributed by atoms with E-state index in [1.54, 1.807) is 0 Å². The number of carbonyl (C=O) groups excluding carboxylic acids is 2. The monoisotopic (exact) mass is 439 g/mol. The standard InChI is InChI=1S/C25H29NO6/c1-17(2)24(16-31-21(27)18-11-13-20(14-12-18)26(29)30)15-25(24,19-9-7-6-8-10-19)22(28)32-23(3,4)5/h6-14,17H,15-16H2,1-5H3/t24-,25+/m0/s1. The predicted molar refractivity (Wildman–Crippen MR) is 119 cm³/mol. The second-order valence-corrected chi connectivity index (χ2v) is 9.64. The molecule has 0 bridgehead atoms. The summed E-state index contributed by atoms with van der Waals surface area (Å²) in [6.07, 6.45) is 0.504. The van der Waals surface area contributed by atoms with Crippen molar-refractivity contribution in [2.75, 3.05) is 6.61 Å². The van der Waals surface area contributed by atoms with E-state index in [4.69, 9.17) is 9.47 Å². The Morgan fingerprint density at radius 2 is 1.66 bits per heavy atom. The second-order valence-electron chi connectivity index (χ2n) is 9.64. The van der Waals surface area contributed by atoms with Crippen molar-refractivity contribution in [3.63, 3.8) is 0 Å². The lowest BCUT2D eigenvalue weighted by Gasteiger charge is -2.31. The van der Waals surface area contributed by atoms with Gasteiger partial charge in [0, 0.05) is 17.5 Å². The van der Waals surface area contributed by atoms with Crippen LogP contribution in [-0.2, 0) is 19.7 Å². The Bertz CT molecular complexity index is 1010. The van der Waals surface area contributed by atoms with Gasteiger partial charge < -0.3 is 9.47 Å². The summed E-state index contributed by atoms with van der Waals surface area (Å²) in [5.41, 5.74) is -1.22. The molecule has 2 aromatic rings. The van der Waals surface area contributed by atoms with Crippen LogP contribution in [0.15, 0.2) is 54.6 Å². The van der Waals surface area contributed by atoms with Crippen LogP contribution < -0.4 is 0 Å². The highest BCUT2D eigenvalue weighted by molar-refractivity contribution is 5.91. The van der Waals surface area contributed by atoms with Crippen molar-refractivity contribution in [1.82, 2.24) is 0 Å². The first kappa shape index (κ1) is 23.4. The lowest BCUT2D eigenvalue weighted by molar-refractivity contribution is -0.384. The molecule has 7 nitrogen and oxygen atoms in total. The Hall–Kier alpha value is -3.22. The molecule has 0 unspecified atom stereocenters. The summed E-state index contributed by atoms with van der Waals surface area (Å²) in [6, 6.07) is 14.7. The fourth-order valence-corrected chi connectivity index (χ4v) is 4.33. The van der Waals surface area contributed by atoms with E-state index >= 15 is 0 Å². The number of hydrogen-bond acceptors (Lipinski definition) is 6. The molecule has 0 aromatic heterocycles. The molecule has 170 valence electrons. The molecule has 2 aromatic carbocycles. The van der Waals surface area contributed by atoms with Crippen LogP contribution in [0.1, 0.15) is 57.0 Å². The predicted octanol–water partition coefficient (Wildman–Crippen LogP) is 5.08. The lowest BCUT2D eigenvalue weighted by Crippen LogP contribution is -2.39. The second kappa shape index (κ2) is 8.37. The van der Waals surface area contributed by atoms with Crippen LogP contribution in [0, 0.1) is 21.4 Å². The molecule has 0 spiro atoms. The van der Waals surface area contributed by atoms with Gasteiger partial charge in [-0.25, -0.2) is 4.79 Å². The van der Waals surface area contributed by atoms with Crippen LogP contribution in [-0.4, -0.2) is 29.1 Å². The van der Waals surface area contributed by atoms with E-state index in [2.05, 4.69) is 0 Å². The van der Waals surface area contributed by atoms with Crippen LogP contribution in [0.25, 0.3) is 0 Å². The highest BCUT2D eigenvalue weighted by Crippen LogP contribution is 2.69. The van der Waals surface area contributed by atoms with Gasteiger partial charge in [0.15, 0.2) is 0 Å². The number of ether oxygens (including phenoxy) is 2. The molecule has 32 heavy (non-hydrogen) atoms. The highest BCUT2D eigenvalue weighted by atomic mass is 16.6. The molecule has 0 aliphatic heterocycles. The number of nitrogens with zero attached hydrogens (tertiary/aromatic N) is 1. The maximum absolute atomic E-state index is 13.5. The van der Waals surface area contributed by atoms with Gasteiger partial charge in [0.05, 0.1) is 17.1 Å². The summed E-state index contributed by atoms with van der Waals surface area (Å²) in [5, 5.41) is 10.8. The molecule has 1 fully saturated rings. The summed E-state index contributed by atoms with van der Waals surface area (Å²) in [4.78, 5) is 36.4. The first-order valence-electron chi connectivity index (χ1n) is 10.6. The molecule has 0 radical (unpaired) electrons. The molecule has 0 saturated heterocycles. The number of nitro benzene ring substituents is 1. The molecule has 0 N–H and O–H groups in total. The van der Waals surface area contributed by atoms with Gasteiger partial charge >= 0.3 is 11.9 Å². The molecule has 0 amide bonds. The Morgan fingerprint density at radius 1 is 1.06 bits per heavy atom. The number of non-ortho nitro benzene ring substituents is 1. The van der Waals surface area contributed by atoms with Gasteiger partial charge in [-0.3, -0.25) is 14.9 Å². The van der Waals surface area contributed by atoms with E-state index in [1.165, 1.54) is 24.3 Å². The van der Waals surface area contributed by atoms with E-state index in [1.807, 2.05) is 65.0 Å². The van der Waals surface area contributed by atoms with Crippen LogP contribution in [0.4, 0.5) is 5.69 Å². The van der Waals surface area contributed by atoms with Gasteiger partial charge in [-0.1, -0.05) is 44.2 Å². The summed E-state index contributed by atoms with van der Waals surface area (Å²) >= 11 is 0. The minimum absolute atomic E-state index is 0.0277. The van der Waals surface area contributed by atoms with E-state index in [-0.39, 0.29) is 29.7 Å². The highest BCUT2D eigenvalue weighted by Gasteiger charge is 2.75. The third-order valence-corrected chi connectivity index (χ3v) is 6.20. The minimum Gasteiger partial charge on any atom is -0.461 e. The van der Waals surface area contributed by atoms with Crippen LogP contribution in [0.5, 0.6) is 0 Å². The molecule has 2 atom stereocenters. The van der Waals surface area contributed by atoms with Crippen molar-refractivity contribution in [3.8, 4) is 0 Å². The maximum Gasteiger partial charge on any atom is 0.338 e. The molecule has 1 aliphatic carbocycles. The van der Waals surface area contributed by atoms with Crippen molar-refractivity contribution in [2.45, 2.75) is 52.1 Å². The number of hydrogen-bond donors (Lipinski definition) is 0. The van der Waals surface area contributed by atoms with E-state index in [0.717, 1.165) is 5.56 Å². The fraction of sp³-hybridized carbons (Fsp3) is 0.440. The van der Waals surface area contributed by atoms with E-state index in [0.29, 0.717) is 6.42 Å². The van der Waals surface area contributed by atoms with Crippen molar-refractivity contribution in [2.24, 2.45) is 11.3 Å². The Balaban J connectivity index is 1.88. The van der Waals surface area contributed by atoms with Gasteiger partial charge in [0.2, 0.25) is 0 Å². The van der Waals surface area contributed by atoms with Crippen molar-refractivity contribution in [1.29, 1.82) is 0 Å². The zero-order valence-electron chi connectivity index (χ0n) is 19.1. The number of rotatable bonds is 7. The first-order chi connectivity index (χ1) is 14.9. The average molecular weight is 440 g/mol. The van der Waals surface area contributed by atoms with Crippen LogP contribution in [0.3, 0.4) is 0 Å². The topological polar surface area (TPSA) is 95.7 Å². The molecule has 7 heteroatoms. The van der Waals surface area contributed by atoms with Crippen LogP contribution >= 0.6 is 0 Å². The van der Waals surface area contributed by atoms with Crippen LogP contribution in [0.2, 0.25) is 0 Å². The molecule has 1 aliphatic rings. The Morgan fingerprint density at radius 3 is 2.16 bits per heavy atom. The summed E-state index contributed by atoms with van der Waals surface area (Å²) in [7, 11) is 0.